The number of aliphatic imine (C=N–C) groups is 2. The second kappa shape index (κ2) is 14.0. The maximum absolute atomic E-state index is 15.3. The number of nitrogens with zero attached hydrogens (tertiary/aromatic N) is 5. The van der Waals surface area contributed by atoms with Gasteiger partial charge in [0.15, 0.2) is 5.82 Å². The fraction of sp³-hybridized carbons (Fsp3) is 0.353. The zero-order chi connectivity index (χ0) is 32.8. The number of piperidine rings is 2. The van der Waals surface area contributed by atoms with Gasteiger partial charge in [-0.05, 0) is 69.7 Å². The van der Waals surface area contributed by atoms with Gasteiger partial charge >= 0.3 is 0 Å². The predicted molar refractivity (Wildman–Crippen MR) is 179 cm³/mol. The number of amidine groups is 1. The number of halogens is 1. The topological polar surface area (TPSA) is 138 Å². The minimum Gasteiger partial charge on any atom is -0.495 e. The van der Waals surface area contributed by atoms with Gasteiger partial charge in [0.05, 0.1) is 24.1 Å². The van der Waals surface area contributed by atoms with Gasteiger partial charge < -0.3 is 35.4 Å². The summed E-state index contributed by atoms with van der Waals surface area (Å²) < 4.78 is 26.8. The van der Waals surface area contributed by atoms with Gasteiger partial charge in [0, 0.05) is 62.2 Å². The van der Waals surface area contributed by atoms with Crippen molar-refractivity contribution < 1.29 is 23.8 Å². The molecule has 0 bridgehead atoms. The minimum atomic E-state index is -0.668. The molecule has 0 spiro atoms. The maximum Gasteiger partial charge on any atom is 0.245 e. The zero-order valence-electron chi connectivity index (χ0n) is 26.2. The summed E-state index contributed by atoms with van der Waals surface area (Å²) in [6.45, 7) is 11.6. The van der Waals surface area contributed by atoms with Gasteiger partial charge in [0.2, 0.25) is 5.91 Å². The lowest BCUT2D eigenvalue weighted by atomic mass is 9.94. The number of ether oxygens (including phenoxy) is 2. The fourth-order valence-electron chi connectivity index (χ4n) is 5.60. The summed E-state index contributed by atoms with van der Waals surface area (Å²) in [6.07, 6.45) is 5.75. The highest BCUT2D eigenvalue weighted by atomic mass is 19.1. The Hall–Kier alpha value is -4.97. The highest BCUT2D eigenvalue weighted by Crippen LogP contribution is 2.36. The number of anilines is 2. The highest BCUT2D eigenvalue weighted by molar-refractivity contribution is 6.04. The Kier molecular flexibility index (Phi) is 9.86. The number of likely N-dealkylation sites (tertiary alicyclic amines) is 1. The van der Waals surface area contributed by atoms with Gasteiger partial charge in [-0.15, -0.1) is 0 Å². The van der Waals surface area contributed by atoms with Crippen molar-refractivity contribution in [1.82, 2.24) is 9.88 Å². The van der Waals surface area contributed by atoms with Crippen LogP contribution >= 0.6 is 0 Å². The molecule has 3 aromatic rings. The number of nitrogens with two attached hydrogens (primary N) is 1. The van der Waals surface area contributed by atoms with E-state index in [9.17, 15) is 9.90 Å². The molecule has 4 N–H and O–H groups in total. The molecule has 0 unspecified atom stereocenters. The van der Waals surface area contributed by atoms with Crippen LogP contribution in [0.2, 0.25) is 0 Å². The van der Waals surface area contributed by atoms with Crippen LogP contribution in [0.4, 0.5) is 27.3 Å². The van der Waals surface area contributed by atoms with Crippen LogP contribution in [-0.2, 0) is 4.79 Å². The number of amides is 1. The minimum absolute atomic E-state index is 0.0280. The van der Waals surface area contributed by atoms with Crippen LogP contribution in [0.3, 0.4) is 0 Å². The molecule has 46 heavy (non-hydrogen) atoms. The number of aromatic nitrogens is 1. The third-order valence-corrected chi connectivity index (χ3v) is 8.38. The third kappa shape index (κ3) is 7.63. The van der Waals surface area contributed by atoms with Crippen molar-refractivity contribution in [2.45, 2.75) is 44.2 Å². The molecule has 2 aliphatic rings. The van der Waals surface area contributed by atoms with Crippen molar-refractivity contribution in [2.24, 2.45) is 15.7 Å². The van der Waals surface area contributed by atoms with Gasteiger partial charge in [-0.25, -0.2) is 14.4 Å². The van der Waals surface area contributed by atoms with Crippen molar-refractivity contribution in [3.63, 3.8) is 0 Å². The van der Waals surface area contributed by atoms with E-state index in [0.29, 0.717) is 73.2 Å². The number of methoxy groups -OCH3 is 1. The average Bonchev–Trinajstić information content (AvgIpc) is 3.05. The lowest BCUT2D eigenvalue weighted by Crippen LogP contribution is -2.42. The summed E-state index contributed by atoms with van der Waals surface area (Å²) in [4.78, 5) is 28.7. The number of hydrogen-bond acceptors (Lipinski definition) is 9. The first-order valence-electron chi connectivity index (χ1n) is 15.2. The van der Waals surface area contributed by atoms with Gasteiger partial charge in [0.25, 0.3) is 0 Å². The summed E-state index contributed by atoms with van der Waals surface area (Å²) in [5.74, 6) is 1.43. The van der Waals surface area contributed by atoms with Gasteiger partial charge in [-0.2, -0.15) is 0 Å². The second-order valence-corrected chi connectivity index (χ2v) is 11.7. The molecule has 1 aromatic heterocycles. The van der Waals surface area contributed by atoms with E-state index >= 15 is 4.39 Å². The van der Waals surface area contributed by atoms with Crippen molar-refractivity contribution in [1.29, 1.82) is 0 Å². The van der Waals surface area contributed by atoms with E-state index in [1.54, 1.807) is 48.5 Å². The van der Waals surface area contributed by atoms with Crippen LogP contribution in [0, 0.1) is 5.82 Å². The fourth-order valence-corrected chi connectivity index (χ4v) is 5.60. The molecule has 5 rings (SSSR count). The van der Waals surface area contributed by atoms with E-state index < -0.39 is 11.4 Å². The van der Waals surface area contributed by atoms with Gasteiger partial charge in [0.1, 0.15) is 34.6 Å². The van der Waals surface area contributed by atoms with Crippen LogP contribution in [0.5, 0.6) is 17.2 Å². The Labute approximate surface area is 268 Å². The second-order valence-electron chi connectivity index (χ2n) is 11.7. The Morgan fingerprint density at radius 1 is 1.13 bits per heavy atom. The molecule has 242 valence electrons. The summed E-state index contributed by atoms with van der Waals surface area (Å²) in [5.41, 5.74) is 7.34. The molecule has 2 aromatic carbocycles. The standard InChI is InChI=1S/C34H40FN7O4/c1-5-32(43)42-14-9-22(10-15-42)39-29-20-25(28(37-3)21-30(29)45-4)33(36)40-27-7-6-23(18-26(27)35)46-24-8-13-38-31(19-24)41-16-11-34(2,44)12-17-41/h5-8,13,18-22,39,44H,1,3,9-12,14-17H2,2,4H3,(H2,36,40). The molecule has 12 heteroatoms. The molecule has 2 fully saturated rings. The highest BCUT2D eigenvalue weighted by Gasteiger charge is 2.28. The maximum atomic E-state index is 15.3. The van der Waals surface area contributed by atoms with E-state index in [-0.39, 0.29) is 23.5 Å². The summed E-state index contributed by atoms with van der Waals surface area (Å²) >= 11 is 0. The van der Waals surface area contributed by atoms with Crippen molar-refractivity contribution in [2.75, 3.05) is 43.5 Å². The first kappa shape index (κ1) is 32.4. The van der Waals surface area contributed by atoms with E-state index in [1.807, 2.05) is 6.92 Å². The van der Waals surface area contributed by atoms with Crippen molar-refractivity contribution >= 4 is 41.3 Å². The monoisotopic (exact) mass is 629 g/mol. The first-order chi connectivity index (χ1) is 22.1. The summed E-state index contributed by atoms with van der Waals surface area (Å²) in [7, 11) is 1.56. The number of hydrogen-bond donors (Lipinski definition) is 3. The molecule has 3 heterocycles. The Bertz CT molecular complexity index is 1630. The Morgan fingerprint density at radius 2 is 1.85 bits per heavy atom. The van der Waals surface area contributed by atoms with Crippen LogP contribution in [0.25, 0.3) is 0 Å². The average molecular weight is 630 g/mol. The number of nitrogens with one attached hydrogen (secondary N) is 1. The molecule has 2 aliphatic heterocycles. The first-order valence-corrected chi connectivity index (χ1v) is 15.2. The molecular weight excluding hydrogens is 589 g/mol. The van der Waals surface area contributed by atoms with E-state index in [4.69, 9.17) is 15.2 Å². The third-order valence-electron chi connectivity index (χ3n) is 8.38. The molecule has 2 saturated heterocycles. The molecule has 0 aliphatic carbocycles. The molecular formula is C34H40FN7O4. The number of aliphatic hydroxyl groups is 1. The van der Waals surface area contributed by atoms with E-state index in [0.717, 1.165) is 18.7 Å². The molecule has 0 atom stereocenters. The number of pyridine rings is 1. The summed E-state index contributed by atoms with van der Waals surface area (Å²) in [5, 5.41) is 13.7. The van der Waals surface area contributed by atoms with Crippen LogP contribution < -0.4 is 25.4 Å². The molecule has 11 nitrogen and oxygen atoms in total. The zero-order valence-corrected chi connectivity index (χ0v) is 26.2. The number of rotatable bonds is 10. The number of carbonyl (C=O) groups excluding carboxylic acids is 1. The largest absolute Gasteiger partial charge is 0.495 e. The van der Waals surface area contributed by atoms with Crippen LogP contribution in [0.15, 0.2) is 71.3 Å². The SMILES string of the molecule is C=CC(=O)N1CCC(Nc2cc(C(N)=Nc3ccc(Oc4ccnc(N5CCC(C)(O)CC5)c4)cc3F)c(N=C)cc2OC)CC1. The molecule has 1 amide bonds. The predicted octanol–water partition coefficient (Wildman–Crippen LogP) is 5.33. The number of carbonyl (C=O) groups is 1. The Balaban J connectivity index is 1.31. The summed E-state index contributed by atoms with van der Waals surface area (Å²) in [6, 6.07) is 11.4. The molecule has 0 saturated carbocycles. The van der Waals surface area contributed by atoms with Crippen LogP contribution in [0.1, 0.15) is 38.2 Å². The lowest BCUT2D eigenvalue weighted by molar-refractivity contribution is -0.126. The van der Waals surface area contributed by atoms with Gasteiger partial charge in [-0.1, -0.05) is 6.58 Å². The Morgan fingerprint density at radius 3 is 2.50 bits per heavy atom. The van der Waals surface area contributed by atoms with Gasteiger partial charge in [-0.3, -0.25) is 9.79 Å². The van der Waals surface area contributed by atoms with Crippen LogP contribution in [-0.4, -0.2) is 78.4 Å². The smallest absolute Gasteiger partial charge is 0.245 e. The van der Waals surface area contributed by atoms with E-state index in [2.05, 4.69) is 38.5 Å². The lowest BCUT2D eigenvalue weighted by Gasteiger charge is -2.36. The van der Waals surface area contributed by atoms with E-state index in [1.165, 1.54) is 18.2 Å². The number of benzene rings is 2. The van der Waals surface area contributed by atoms with Crippen molar-refractivity contribution in [3.8, 4) is 17.2 Å². The normalized spacial score (nSPS) is 16.9. The quantitative estimate of drug-likeness (QED) is 0.155. The molecule has 0 radical (unpaired) electrons. The van der Waals surface area contributed by atoms with Crippen molar-refractivity contribution in [3.05, 3.63) is 72.7 Å².